The molecular formula is C25H42N2O3. The number of likely N-dealkylation sites (tertiary alicyclic amines) is 1. The summed E-state index contributed by atoms with van der Waals surface area (Å²) in [7, 11) is 2.03. The van der Waals surface area contributed by atoms with E-state index in [1.807, 2.05) is 27.8 Å². The Labute approximate surface area is 182 Å². The number of piperidine rings is 1. The number of rotatable bonds is 2. The van der Waals surface area contributed by atoms with Gasteiger partial charge in [-0.25, -0.2) is 4.79 Å². The van der Waals surface area contributed by atoms with E-state index in [2.05, 4.69) is 24.1 Å². The molecule has 0 bridgehead atoms. The van der Waals surface area contributed by atoms with Crippen LogP contribution in [0, 0.1) is 34.5 Å². The molecule has 0 aromatic carbocycles. The fourth-order valence-electron chi connectivity index (χ4n) is 8.05. The maximum Gasteiger partial charge on any atom is 0.407 e. The number of carbonyl (C=O) groups excluding carboxylic acids is 2. The molecule has 2 amide bonds. The van der Waals surface area contributed by atoms with E-state index in [1.54, 1.807) is 0 Å². The Morgan fingerprint density at radius 3 is 2.47 bits per heavy atom. The molecule has 0 spiro atoms. The summed E-state index contributed by atoms with van der Waals surface area (Å²) in [4.78, 5) is 26.6. The number of ether oxygens (including phenoxy) is 1. The summed E-state index contributed by atoms with van der Waals surface area (Å²) in [6, 6.07) is 0.422. The van der Waals surface area contributed by atoms with Gasteiger partial charge in [0.2, 0.25) is 5.91 Å². The molecule has 1 aliphatic heterocycles. The van der Waals surface area contributed by atoms with Crippen LogP contribution in [0.25, 0.3) is 0 Å². The highest BCUT2D eigenvalue weighted by Crippen LogP contribution is 2.66. The second kappa shape index (κ2) is 7.41. The highest BCUT2D eigenvalue weighted by molar-refractivity contribution is 5.77. The Hall–Kier alpha value is -1.26. The van der Waals surface area contributed by atoms with Crippen LogP contribution in [0.5, 0.6) is 0 Å². The highest BCUT2D eigenvalue weighted by Gasteiger charge is 2.61. The van der Waals surface area contributed by atoms with E-state index >= 15 is 0 Å². The number of amides is 2. The Morgan fingerprint density at radius 2 is 1.77 bits per heavy atom. The van der Waals surface area contributed by atoms with Crippen molar-refractivity contribution in [2.75, 3.05) is 13.7 Å². The van der Waals surface area contributed by atoms with E-state index in [0.29, 0.717) is 30.9 Å². The molecule has 0 radical (unpaired) electrons. The quantitative estimate of drug-likeness (QED) is 0.687. The molecular weight excluding hydrogens is 376 g/mol. The second-order valence-corrected chi connectivity index (χ2v) is 12.3. The summed E-state index contributed by atoms with van der Waals surface area (Å²) < 4.78 is 5.69. The molecule has 30 heavy (non-hydrogen) atoms. The number of carbonyl (C=O) groups is 2. The van der Waals surface area contributed by atoms with Crippen molar-refractivity contribution in [2.24, 2.45) is 34.5 Å². The minimum atomic E-state index is -0.286. The molecule has 1 unspecified atom stereocenters. The zero-order chi connectivity index (χ0) is 21.9. The number of fused-ring (bicyclic) bond motifs is 5. The standard InChI is InChI=1S/C25H42N2O3/c1-23(2,3)26-22(29)30-15-16-7-9-18-17-8-10-20-25(5,14-12-21(28)27(20)6)19(17)11-13-24(16,18)4/h16-20H,7-15H2,1-6H3,(H,26,29)/t16?,17-,18-,19-,20+,24+,25+/m0/s1. The first-order valence-electron chi connectivity index (χ1n) is 12.2. The number of hydrogen-bond acceptors (Lipinski definition) is 3. The van der Waals surface area contributed by atoms with Gasteiger partial charge < -0.3 is 15.0 Å². The van der Waals surface area contributed by atoms with Crippen molar-refractivity contribution < 1.29 is 14.3 Å². The third-order valence-corrected chi connectivity index (χ3v) is 9.65. The molecule has 170 valence electrons. The van der Waals surface area contributed by atoms with E-state index < -0.39 is 0 Å². The minimum Gasteiger partial charge on any atom is -0.449 e. The molecule has 1 heterocycles. The van der Waals surface area contributed by atoms with Crippen LogP contribution in [0.15, 0.2) is 0 Å². The monoisotopic (exact) mass is 418 g/mol. The van der Waals surface area contributed by atoms with Crippen molar-refractivity contribution >= 4 is 12.0 Å². The maximum atomic E-state index is 12.3. The van der Waals surface area contributed by atoms with Crippen LogP contribution in [0.1, 0.15) is 86.0 Å². The lowest BCUT2D eigenvalue weighted by atomic mass is 9.47. The molecule has 4 aliphatic rings. The first kappa shape index (κ1) is 22.0. The van der Waals surface area contributed by atoms with Gasteiger partial charge in [0.1, 0.15) is 0 Å². The Morgan fingerprint density at radius 1 is 1.07 bits per heavy atom. The topological polar surface area (TPSA) is 58.6 Å². The van der Waals surface area contributed by atoms with Crippen molar-refractivity contribution in [3.8, 4) is 0 Å². The molecule has 0 aromatic rings. The molecule has 3 saturated carbocycles. The first-order chi connectivity index (χ1) is 14.0. The normalized spacial score (nSPS) is 43.5. The third kappa shape index (κ3) is 3.54. The lowest BCUT2D eigenvalue weighted by molar-refractivity contribution is -0.158. The van der Waals surface area contributed by atoms with Crippen LogP contribution in [-0.4, -0.2) is 42.1 Å². The first-order valence-corrected chi connectivity index (χ1v) is 12.2. The number of nitrogens with zero attached hydrogens (tertiary/aromatic N) is 1. The van der Waals surface area contributed by atoms with Crippen LogP contribution in [0.3, 0.4) is 0 Å². The fourth-order valence-corrected chi connectivity index (χ4v) is 8.05. The number of alkyl carbamates (subject to hydrolysis) is 1. The van der Waals surface area contributed by atoms with Gasteiger partial charge in [0.05, 0.1) is 6.61 Å². The molecule has 1 saturated heterocycles. The zero-order valence-electron chi connectivity index (χ0n) is 19.9. The van der Waals surface area contributed by atoms with Crippen LogP contribution in [0.2, 0.25) is 0 Å². The van der Waals surface area contributed by atoms with E-state index in [-0.39, 0.29) is 22.5 Å². The molecule has 4 fully saturated rings. The zero-order valence-corrected chi connectivity index (χ0v) is 19.9. The number of hydrogen-bond donors (Lipinski definition) is 1. The Balaban J connectivity index is 1.45. The third-order valence-electron chi connectivity index (χ3n) is 9.65. The van der Waals surface area contributed by atoms with Crippen LogP contribution < -0.4 is 5.32 Å². The van der Waals surface area contributed by atoms with Crippen molar-refractivity contribution in [2.45, 2.75) is 97.6 Å². The van der Waals surface area contributed by atoms with Gasteiger partial charge in [-0.15, -0.1) is 0 Å². The highest BCUT2D eigenvalue weighted by atomic mass is 16.5. The maximum absolute atomic E-state index is 12.3. The average Bonchev–Trinajstić information content (AvgIpc) is 2.98. The summed E-state index contributed by atoms with van der Waals surface area (Å²) in [6.07, 6.45) is 8.83. The van der Waals surface area contributed by atoms with Gasteiger partial charge in [0, 0.05) is 25.0 Å². The minimum absolute atomic E-state index is 0.264. The molecule has 7 atom stereocenters. The molecule has 0 aromatic heterocycles. The smallest absolute Gasteiger partial charge is 0.407 e. The second-order valence-electron chi connectivity index (χ2n) is 12.3. The summed E-state index contributed by atoms with van der Waals surface area (Å²) in [5.74, 6) is 3.03. The lowest BCUT2D eigenvalue weighted by Crippen LogP contribution is -2.61. The Bertz CT molecular complexity index is 701. The van der Waals surface area contributed by atoms with E-state index in [4.69, 9.17) is 4.74 Å². The fraction of sp³-hybridized carbons (Fsp3) is 0.920. The van der Waals surface area contributed by atoms with Gasteiger partial charge in [-0.3, -0.25) is 4.79 Å². The van der Waals surface area contributed by atoms with Gasteiger partial charge in [0.15, 0.2) is 0 Å². The van der Waals surface area contributed by atoms with Crippen molar-refractivity contribution in [3.63, 3.8) is 0 Å². The van der Waals surface area contributed by atoms with Crippen LogP contribution in [-0.2, 0) is 9.53 Å². The average molecular weight is 419 g/mol. The summed E-state index contributed by atoms with van der Waals surface area (Å²) >= 11 is 0. The molecule has 5 nitrogen and oxygen atoms in total. The van der Waals surface area contributed by atoms with Gasteiger partial charge in [-0.2, -0.15) is 0 Å². The molecule has 3 aliphatic carbocycles. The summed E-state index contributed by atoms with van der Waals surface area (Å²) in [6.45, 7) is 11.4. The molecule has 4 rings (SSSR count). The van der Waals surface area contributed by atoms with E-state index in [9.17, 15) is 9.59 Å². The number of nitrogens with one attached hydrogen (secondary N) is 1. The summed E-state index contributed by atoms with van der Waals surface area (Å²) in [5, 5.41) is 2.92. The van der Waals surface area contributed by atoms with Crippen molar-refractivity contribution in [3.05, 3.63) is 0 Å². The SMILES string of the molecule is CN1C(=O)CC[C@]2(C)[C@H]3CC[C@]4(C)C(COC(=O)NC(C)(C)C)CC[C@H]4[C@@H]3CC[C@@H]12. The van der Waals surface area contributed by atoms with Gasteiger partial charge in [0.25, 0.3) is 0 Å². The molecule has 1 N–H and O–H groups in total. The van der Waals surface area contributed by atoms with Gasteiger partial charge >= 0.3 is 6.09 Å². The predicted octanol–water partition coefficient (Wildman–Crippen LogP) is 4.99. The molecule has 5 heteroatoms. The predicted molar refractivity (Wildman–Crippen MR) is 118 cm³/mol. The Kier molecular flexibility index (Phi) is 5.42. The van der Waals surface area contributed by atoms with Gasteiger partial charge in [-0.05, 0) is 100 Å². The van der Waals surface area contributed by atoms with E-state index in [0.717, 1.165) is 30.6 Å². The van der Waals surface area contributed by atoms with Crippen LogP contribution >= 0.6 is 0 Å². The largest absolute Gasteiger partial charge is 0.449 e. The van der Waals surface area contributed by atoms with Gasteiger partial charge in [-0.1, -0.05) is 13.8 Å². The lowest BCUT2D eigenvalue weighted by Gasteiger charge is -2.61. The van der Waals surface area contributed by atoms with E-state index in [1.165, 1.54) is 32.1 Å². The van der Waals surface area contributed by atoms with Crippen LogP contribution in [0.4, 0.5) is 4.79 Å². The van der Waals surface area contributed by atoms with Crippen molar-refractivity contribution in [1.29, 1.82) is 0 Å². The van der Waals surface area contributed by atoms with Crippen molar-refractivity contribution in [1.82, 2.24) is 10.2 Å². The summed E-state index contributed by atoms with van der Waals surface area (Å²) in [5.41, 5.74) is 0.288.